The highest BCUT2D eigenvalue weighted by atomic mass is 35.5. The zero-order chi connectivity index (χ0) is 19.3. The fourth-order valence-corrected chi connectivity index (χ4v) is 3.90. The third-order valence-electron chi connectivity index (χ3n) is 5.12. The molecule has 1 fully saturated rings. The van der Waals surface area contributed by atoms with Gasteiger partial charge in [-0.3, -0.25) is 4.98 Å². The second kappa shape index (κ2) is 8.73. The third-order valence-corrected chi connectivity index (χ3v) is 5.53. The van der Waals surface area contributed by atoms with Crippen LogP contribution in [0, 0.1) is 6.92 Å². The molecule has 1 aliphatic rings. The molecule has 3 aromatic rings. The smallest absolute Gasteiger partial charge is 0.0722 e. The Bertz CT molecular complexity index is 904. The van der Waals surface area contributed by atoms with E-state index < -0.39 is 0 Å². The van der Waals surface area contributed by atoms with Gasteiger partial charge in [-0.05, 0) is 55.2 Å². The average Bonchev–Trinajstić information content (AvgIpc) is 2.72. The molecular formula is C23H27ClN2O. The van der Waals surface area contributed by atoms with Crippen molar-refractivity contribution in [3.8, 4) is 0 Å². The maximum atomic E-state index is 6.41. The van der Waals surface area contributed by atoms with Gasteiger partial charge in [0.05, 0.1) is 11.1 Å². The van der Waals surface area contributed by atoms with Crippen molar-refractivity contribution in [3.05, 3.63) is 70.9 Å². The molecule has 4 rings (SSSR count). The zero-order valence-corrected chi connectivity index (χ0v) is 17.0. The zero-order valence-electron chi connectivity index (χ0n) is 16.3. The SMILES string of the molecule is CC.Cc1c(Cl)cccc1C1(Nc2ccc3cccnc3c2)CCOCC1. The van der Waals surface area contributed by atoms with Gasteiger partial charge in [-0.2, -0.15) is 0 Å². The first-order valence-electron chi connectivity index (χ1n) is 9.64. The van der Waals surface area contributed by atoms with Gasteiger partial charge in [0.15, 0.2) is 0 Å². The van der Waals surface area contributed by atoms with Gasteiger partial charge in [-0.1, -0.05) is 49.7 Å². The van der Waals surface area contributed by atoms with Gasteiger partial charge >= 0.3 is 0 Å². The van der Waals surface area contributed by atoms with E-state index in [4.69, 9.17) is 16.3 Å². The average molecular weight is 383 g/mol. The van der Waals surface area contributed by atoms with E-state index in [-0.39, 0.29) is 5.54 Å². The number of ether oxygens (including phenoxy) is 1. The molecule has 1 aliphatic heterocycles. The summed E-state index contributed by atoms with van der Waals surface area (Å²) >= 11 is 6.41. The summed E-state index contributed by atoms with van der Waals surface area (Å²) in [5.41, 5.74) is 4.29. The number of hydrogen-bond donors (Lipinski definition) is 1. The van der Waals surface area contributed by atoms with Crippen molar-refractivity contribution in [2.75, 3.05) is 18.5 Å². The predicted molar refractivity (Wildman–Crippen MR) is 115 cm³/mol. The lowest BCUT2D eigenvalue weighted by molar-refractivity contribution is 0.0592. The van der Waals surface area contributed by atoms with Crippen LogP contribution in [0.5, 0.6) is 0 Å². The molecule has 4 heteroatoms. The minimum Gasteiger partial charge on any atom is -0.381 e. The van der Waals surface area contributed by atoms with Gasteiger partial charge in [0.25, 0.3) is 0 Å². The summed E-state index contributed by atoms with van der Waals surface area (Å²) in [7, 11) is 0. The van der Waals surface area contributed by atoms with Gasteiger partial charge in [0, 0.05) is 35.5 Å². The van der Waals surface area contributed by atoms with Gasteiger partial charge in [-0.15, -0.1) is 0 Å². The Morgan fingerprint density at radius 2 is 1.81 bits per heavy atom. The van der Waals surface area contributed by atoms with Crippen molar-refractivity contribution in [2.45, 2.75) is 39.2 Å². The predicted octanol–water partition coefficient (Wildman–Crippen LogP) is 6.34. The summed E-state index contributed by atoms with van der Waals surface area (Å²) in [4.78, 5) is 4.48. The number of halogens is 1. The Kier molecular flexibility index (Phi) is 6.35. The van der Waals surface area contributed by atoms with Gasteiger partial charge < -0.3 is 10.1 Å². The van der Waals surface area contributed by atoms with Crippen LogP contribution in [0.3, 0.4) is 0 Å². The summed E-state index contributed by atoms with van der Waals surface area (Å²) < 4.78 is 5.64. The second-order valence-electron chi connectivity index (χ2n) is 6.64. The highest BCUT2D eigenvalue weighted by Crippen LogP contribution is 2.39. The number of benzene rings is 2. The normalized spacial score (nSPS) is 15.7. The largest absolute Gasteiger partial charge is 0.381 e. The first-order valence-corrected chi connectivity index (χ1v) is 10.0. The molecule has 1 aromatic heterocycles. The molecule has 0 spiro atoms. The Balaban J connectivity index is 0.00000102. The molecule has 1 saturated heterocycles. The second-order valence-corrected chi connectivity index (χ2v) is 7.05. The molecule has 2 aromatic carbocycles. The Labute approximate surface area is 166 Å². The van der Waals surface area contributed by atoms with Gasteiger partial charge in [0.2, 0.25) is 0 Å². The lowest BCUT2D eigenvalue weighted by atomic mass is 9.80. The number of anilines is 1. The maximum Gasteiger partial charge on any atom is 0.0722 e. The van der Waals surface area contributed by atoms with E-state index in [1.54, 1.807) is 0 Å². The van der Waals surface area contributed by atoms with E-state index >= 15 is 0 Å². The molecule has 0 bridgehead atoms. The fraction of sp³-hybridized carbons (Fsp3) is 0.348. The first-order chi connectivity index (χ1) is 13.2. The lowest BCUT2D eigenvalue weighted by Gasteiger charge is -2.40. The molecule has 3 nitrogen and oxygen atoms in total. The van der Waals surface area contributed by atoms with Crippen LogP contribution in [0.2, 0.25) is 5.02 Å². The number of fused-ring (bicyclic) bond motifs is 1. The number of aromatic nitrogens is 1. The van der Waals surface area contributed by atoms with E-state index in [0.717, 1.165) is 53.2 Å². The maximum absolute atomic E-state index is 6.41. The number of nitrogens with zero attached hydrogens (tertiary/aromatic N) is 1. The van der Waals surface area contributed by atoms with Crippen LogP contribution in [0.25, 0.3) is 10.9 Å². The minimum atomic E-state index is -0.171. The first kappa shape index (κ1) is 19.7. The molecule has 0 atom stereocenters. The van der Waals surface area contributed by atoms with Crippen LogP contribution in [-0.4, -0.2) is 18.2 Å². The van der Waals surface area contributed by atoms with E-state index in [0.29, 0.717) is 0 Å². The molecule has 0 unspecified atom stereocenters. The van der Waals surface area contributed by atoms with Crippen molar-refractivity contribution in [3.63, 3.8) is 0 Å². The lowest BCUT2D eigenvalue weighted by Crippen LogP contribution is -2.41. The van der Waals surface area contributed by atoms with Crippen LogP contribution >= 0.6 is 11.6 Å². The molecular weight excluding hydrogens is 356 g/mol. The number of hydrogen-bond acceptors (Lipinski definition) is 3. The van der Waals surface area contributed by atoms with E-state index in [2.05, 4.69) is 47.6 Å². The summed E-state index contributed by atoms with van der Waals surface area (Å²) in [5.74, 6) is 0. The van der Waals surface area contributed by atoms with Gasteiger partial charge in [-0.25, -0.2) is 0 Å². The summed E-state index contributed by atoms with van der Waals surface area (Å²) in [5, 5.41) is 5.75. The standard InChI is InChI=1S/C21H21ClN2O.C2H6/c1-15-18(5-2-6-19(15)22)21(9-12-25-13-10-21)24-17-8-7-16-4-3-11-23-20(16)14-17;1-2/h2-8,11,14,24H,9-10,12-13H2,1H3;1-2H3. The summed E-state index contributed by atoms with van der Waals surface area (Å²) in [6.45, 7) is 7.58. The van der Waals surface area contributed by atoms with Crippen LogP contribution in [0.1, 0.15) is 37.8 Å². The highest BCUT2D eigenvalue weighted by molar-refractivity contribution is 6.31. The minimum absolute atomic E-state index is 0.171. The monoisotopic (exact) mass is 382 g/mol. The van der Waals surface area contributed by atoms with E-state index in [9.17, 15) is 0 Å². The summed E-state index contributed by atoms with van der Waals surface area (Å²) in [6.07, 6.45) is 3.65. The molecule has 142 valence electrons. The van der Waals surface area contributed by atoms with Gasteiger partial charge in [0.1, 0.15) is 0 Å². The number of nitrogens with one attached hydrogen (secondary N) is 1. The summed E-state index contributed by atoms with van der Waals surface area (Å²) in [6, 6.07) is 16.6. The fourth-order valence-electron chi connectivity index (χ4n) is 3.73. The molecule has 0 aliphatic carbocycles. The third kappa shape index (κ3) is 4.10. The Morgan fingerprint density at radius 3 is 2.59 bits per heavy atom. The Hall–Kier alpha value is -2.10. The van der Waals surface area contributed by atoms with Crippen molar-refractivity contribution < 1.29 is 4.74 Å². The van der Waals surface area contributed by atoms with Crippen LogP contribution < -0.4 is 5.32 Å². The molecule has 0 radical (unpaired) electrons. The van der Waals surface area contributed by atoms with Crippen LogP contribution in [0.15, 0.2) is 54.7 Å². The van der Waals surface area contributed by atoms with Crippen molar-refractivity contribution >= 4 is 28.2 Å². The molecule has 2 heterocycles. The van der Waals surface area contributed by atoms with Crippen molar-refractivity contribution in [2.24, 2.45) is 0 Å². The molecule has 1 N–H and O–H groups in total. The number of pyridine rings is 1. The van der Waals surface area contributed by atoms with E-state index in [1.165, 1.54) is 5.56 Å². The highest BCUT2D eigenvalue weighted by Gasteiger charge is 2.36. The van der Waals surface area contributed by atoms with E-state index in [1.807, 2.05) is 38.2 Å². The number of rotatable bonds is 3. The Morgan fingerprint density at radius 1 is 1.04 bits per heavy atom. The van der Waals surface area contributed by atoms with Crippen molar-refractivity contribution in [1.29, 1.82) is 0 Å². The molecule has 0 saturated carbocycles. The molecule has 0 amide bonds. The topological polar surface area (TPSA) is 34.2 Å². The quantitative estimate of drug-likeness (QED) is 0.573. The van der Waals surface area contributed by atoms with Crippen LogP contribution in [-0.2, 0) is 10.3 Å². The van der Waals surface area contributed by atoms with Crippen molar-refractivity contribution in [1.82, 2.24) is 4.98 Å². The van der Waals surface area contributed by atoms with Crippen LogP contribution in [0.4, 0.5) is 5.69 Å². The molecule has 27 heavy (non-hydrogen) atoms.